The summed E-state index contributed by atoms with van der Waals surface area (Å²) >= 11 is 7.89. The van der Waals surface area contributed by atoms with Crippen LogP contribution < -0.4 is 5.73 Å². The van der Waals surface area contributed by atoms with Gasteiger partial charge in [-0.2, -0.15) is 0 Å². The largest absolute Gasteiger partial charge is 0.319 e. The number of nitrogens with two attached hydrogens (primary N) is 1. The molecule has 4 heteroatoms. The number of rotatable bonds is 1. The second-order valence-electron chi connectivity index (χ2n) is 5.18. The molecule has 0 spiro atoms. The summed E-state index contributed by atoms with van der Waals surface area (Å²) in [7, 11) is 0. The Labute approximate surface area is 116 Å². The molecular weight excluding hydrogens is 264 g/mol. The van der Waals surface area contributed by atoms with Gasteiger partial charge in [0.25, 0.3) is 0 Å². The third-order valence-electron chi connectivity index (χ3n) is 3.79. The quantitative estimate of drug-likeness (QED) is 0.784. The molecule has 0 bridgehead atoms. The molecule has 1 aliphatic rings. The minimum absolute atomic E-state index is 0.233. The molecule has 1 heterocycles. The molecule has 3 rings (SSSR count). The Morgan fingerprint density at radius 3 is 2.56 bits per heavy atom. The number of nitrogens with zero attached hydrogens (tertiary/aromatic N) is 1. The lowest BCUT2D eigenvalue weighted by Crippen LogP contribution is -2.35. The Morgan fingerprint density at radius 2 is 1.89 bits per heavy atom. The van der Waals surface area contributed by atoms with Crippen molar-refractivity contribution in [2.45, 2.75) is 44.1 Å². The highest BCUT2D eigenvalue weighted by Crippen LogP contribution is 2.39. The lowest BCUT2D eigenvalue weighted by Gasteiger charge is -2.25. The van der Waals surface area contributed by atoms with Gasteiger partial charge < -0.3 is 5.73 Å². The maximum Gasteiger partial charge on any atom is 0.114 e. The lowest BCUT2D eigenvalue weighted by atomic mass is 9.92. The fourth-order valence-electron chi connectivity index (χ4n) is 2.70. The predicted octanol–water partition coefficient (Wildman–Crippen LogP) is 4.46. The Bertz CT molecular complexity index is 556. The molecule has 1 aromatic carbocycles. The van der Waals surface area contributed by atoms with Gasteiger partial charge in [-0.3, -0.25) is 0 Å². The van der Waals surface area contributed by atoms with Crippen molar-refractivity contribution in [2.24, 2.45) is 5.73 Å². The van der Waals surface area contributed by atoms with Crippen molar-refractivity contribution in [1.29, 1.82) is 0 Å². The number of benzene rings is 1. The summed E-state index contributed by atoms with van der Waals surface area (Å²) in [4.78, 5) is 4.72. The Morgan fingerprint density at radius 1 is 1.17 bits per heavy atom. The third-order valence-corrected chi connectivity index (χ3v) is 5.54. The fraction of sp³-hybridized carbons (Fsp3) is 0.500. The van der Waals surface area contributed by atoms with E-state index >= 15 is 0 Å². The van der Waals surface area contributed by atoms with Crippen LogP contribution in [0.15, 0.2) is 18.2 Å². The zero-order valence-electron chi connectivity index (χ0n) is 10.3. The highest BCUT2D eigenvalue weighted by Gasteiger charge is 2.31. The Hall–Kier alpha value is -0.640. The molecule has 2 aromatic rings. The smallest absolute Gasteiger partial charge is 0.114 e. The minimum Gasteiger partial charge on any atom is -0.319 e. The zero-order chi connectivity index (χ0) is 12.6. The first kappa shape index (κ1) is 12.4. The van der Waals surface area contributed by atoms with E-state index in [1.807, 2.05) is 18.2 Å². The summed E-state index contributed by atoms with van der Waals surface area (Å²) in [5.41, 5.74) is 7.35. The monoisotopic (exact) mass is 280 g/mol. The second-order valence-corrected chi connectivity index (χ2v) is 6.58. The number of fused-ring (bicyclic) bond motifs is 1. The normalized spacial score (nSPS) is 19.9. The first-order valence-electron chi connectivity index (χ1n) is 6.53. The average molecular weight is 281 g/mol. The van der Waals surface area contributed by atoms with Crippen molar-refractivity contribution in [1.82, 2.24) is 4.98 Å². The van der Waals surface area contributed by atoms with Gasteiger partial charge in [-0.05, 0) is 25.0 Å². The number of halogens is 1. The average Bonchev–Trinajstić information content (AvgIpc) is 2.69. The molecule has 0 saturated heterocycles. The standard InChI is InChI=1S/C14H17ClN2S/c15-10-6-5-7-11-12(10)18-13(17-11)14(16)8-3-1-2-4-9-14/h5-7H,1-4,8-9,16H2. The zero-order valence-corrected chi connectivity index (χ0v) is 11.9. The van der Waals surface area contributed by atoms with Crippen LogP contribution in [0.3, 0.4) is 0 Å². The van der Waals surface area contributed by atoms with Crippen LogP contribution in [0.1, 0.15) is 43.5 Å². The van der Waals surface area contributed by atoms with E-state index in [4.69, 9.17) is 22.3 Å². The number of aromatic nitrogens is 1. The maximum absolute atomic E-state index is 6.60. The molecule has 0 amide bonds. The van der Waals surface area contributed by atoms with Gasteiger partial charge in [0.05, 0.1) is 20.8 Å². The van der Waals surface area contributed by atoms with E-state index in [1.165, 1.54) is 25.7 Å². The highest BCUT2D eigenvalue weighted by molar-refractivity contribution is 7.19. The summed E-state index contributed by atoms with van der Waals surface area (Å²) in [5.74, 6) is 0. The highest BCUT2D eigenvalue weighted by atomic mass is 35.5. The second kappa shape index (κ2) is 4.80. The van der Waals surface area contributed by atoms with Crippen LogP contribution in [-0.4, -0.2) is 4.98 Å². The van der Waals surface area contributed by atoms with Crippen molar-refractivity contribution < 1.29 is 0 Å². The molecule has 1 saturated carbocycles. The topological polar surface area (TPSA) is 38.9 Å². The van der Waals surface area contributed by atoms with Gasteiger partial charge in [-0.1, -0.05) is 43.4 Å². The van der Waals surface area contributed by atoms with E-state index in [-0.39, 0.29) is 5.54 Å². The van der Waals surface area contributed by atoms with E-state index < -0.39 is 0 Å². The van der Waals surface area contributed by atoms with Crippen LogP contribution in [0.5, 0.6) is 0 Å². The lowest BCUT2D eigenvalue weighted by molar-refractivity contribution is 0.384. The third kappa shape index (κ3) is 2.15. The minimum atomic E-state index is -0.233. The first-order valence-corrected chi connectivity index (χ1v) is 7.73. The van der Waals surface area contributed by atoms with Crippen LogP contribution in [0, 0.1) is 0 Å². The summed E-state index contributed by atoms with van der Waals surface area (Å²) in [6.45, 7) is 0. The van der Waals surface area contributed by atoms with E-state index in [9.17, 15) is 0 Å². The van der Waals surface area contributed by atoms with Crippen LogP contribution in [0.25, 0.3) is 10.2 Å². The molecule has 0 radical (unpaired) electrons. The fourth-order valence-corrected chi connectivity index (χ4v) is 4.12. The maximum atomic E-state index is 6.60. The summed E-state index contributed by atoms with van der Waals surface area (Å²) in [5, 5.41) is 1.85. The first-order chi connectivity index (χ1) is 8.69. The molecule has 2 N–H and O–H groups in total. The van der Waals surface area contributed by atoms with Crippen molar-refractivity contribution in [3.05, 3.63) is 28.2 Å². The van der Waals surface area contributed by atoms with Crippen molar-refractivity contribution >= 4 is 33.2 Å². The van der Waals surface area contributed by atoms with Crippen molar-refractivity contribution in [2.75, 3.05) is 0 Å². The van der Waals surface area contributed by atoms with Crippen LogP contribution >= 0.6 is 22.9 Å². The van der Waals surface area contributed by atoms with Crippen molar-refractivity contribution in [3.63, 3.8) is 0 Å². The molecule has 1 aromatic heterocycles. The molecule has 2 nitrogen and oxygen atoms in total. The van der Waals surface area contributed by atoms with Gasteiger partial charge in [-0.15, -0.1) is 11.3 Å². The molecule has 18 heavy (non-hydrogen) atoms. The van der Waals surface area contributed by atoms with E-state index in [2.05, 4.69) is 0 Å². The number of thiazole rings is 1. The Kier molecular flexibility index (Phi) is 3.31. The Balaban J connectivity index is 2.05. The van der Waals surface area contributed by atoms with Crippen LogP contribution in [-0.2, 0) is 5.54 Å². The molecule has 96 valence electrons. The van der Waals surface area contributed by atoms with Gasteiger partial charge >= 0.3 is 0 Å². The summed E-state index contributed by atoms with van der Waals surface area (Å²) in [6.07, 6.45) is 7.10. The molecule has 1 aliphatic carbocycles. The summed E-state index contributed by atoms with van der Waals surface area (Å²) < 4.78 is 1.07. The SMILES string of the molecule is NC1(c2nc3cccc(Cl)c3s2)CCCCCC1. The van der Waals surface area contributed by atoms with Gasteiger partial charge in [0.15, 0.2) is 0 Å². The molecule has 0 aliphatic heterocycles. The van der Waals surface area contributed by atoms with Gasteiger partial charge in [0.1, 0.15) is 5.01 Å². The van der Waals surface area contributed by atoms with Crippen LogP contribution in [0.4, 0.5) is 0 Å². The van der Waals surface area contributed by atoms with E-state index in [1.54, 1.807) is 11.3 Å². The molecule has 1 fully saturated rings. The van der Waals surface area contributed by atoms with Gasteiger partial charge in [0, 0.05) is 0 Å². The molecule has 0 unspecified atom stereocenters. The molecular formula is C14H17ClN2S. The van der Waals surface area contributed by atoms with E-state index in [0.29, 0.717) is 0 Å². The molecule has 0 atom stereocenters. The number of hydrogen-bond acceptors (Lipinski definition) is 3. The van der Waals surface area contributed by atoms with Gasteiger partial charge in [0.2, 0.25) is 0 Å². The number of hydrogen-bond donors (Lipinski definition) is 1. The summed E-state index contributed by atoms with van der Waals surface area (Å²) in [6, 6.07) is 5.88. The van der Waals surface area contributed by atoms with E-state index in [0.717, 1.165) is 33.1 Å². The van der Waals surface area contributed by atoms with Crippen molar-refractivity contribution in [3.8, 4) is 0 Å². The van der Waals surface area contributed by atoms with Gasteiger partial charge in [-0.25, -0.2) is 4.98 Å². The predicted molar refractivity (Wildman–Crippen MR) is 78.2 cm³/mol. The van der Waals surface area contributed by atoms with Crippen LogP contribution in [0.2, 0.25) is 5.02 Å².